The number of nitrogen functional groups attached to an aromatic ring is 1. The number of rotatable bonds is 3. The largest absolute Gasteiger partial charge is 0.480 e. The summed E-state index contributed by atoms with van der Waals surface area (Å²) in [5.41, 5.74) is 4.51. The molecule has 0 amide bonds. The van der Waals surface area contributed by atoms with E-state index in [4.69, 9.17) is 22.1 Å². The average molecular weight is 362 g/mol. The summed E-state index contributed by atoms with van der Waals surface area (Å²) < 4.78 is 47.7. The van der Waals surface area contributed by atoms with E-state index in [1.165, 1.54) is 6.07 Å². The number of carbonyl (C=O) groups excluding carboxylic acids is 1. The lowest BCUT2D eigenvalue weighted by Crippen LogP contribution is -2.10. The van der Waals surface area contributed by atoms with Crippen molar-refractivity contribution in [2.45, 2.75) is 6.18 Å². The number of aromatic nitrogens is 2. The van der Waals surface area contributed by atoms with E-state index in [0.29, 0.717) is 0 Å². The second kappa shape index (κ2) is 6.52. The zero-order chi connectivity index (χ0) is 18.1. The Morgan fingerprint density at radius 2 is 1.92 bits per heavy atom. The molecular weight excluding hydrogens is 351 g/mol. The van der Waals surface area contributed by atoms with Crippen LogP contribution in [0.1, 0.15) is 16.2 Å². The maximum atomic E-state index is 12.7. The summed E-state index contributed by atoms with van der Waals surface area (Å²) in [6.45, 7) is 0. The van der Waals surface area contributed by atoms with Gasteiger partial charge in [-0.3, -0.25) is 0 Å². The third-order valence-electron chi connectivity index (χ3n) is 2.98. The number of esters is 1. The van der Waals surface area contributed by atoms with Crippen LogP contribution in [0.4, 0.5) is 18.9 Å². The maximum Gasteiger partial charge on any atom is 0.433 e. The fraction of sp³-hybridized carbons (Fsp3) is 0.214. The van der Waals surface area contributed by atoms with Crippen molar-refractivity contribution >= 4 is 23.3 Å². The van der Waals surface area contributed by atoms with Gasteiger partial charge in [0.2, 0.25) is 5.88 Å². The van der Waals surface area contributed by atoms with Gasteiger partial charge in [-0.25, -0.2) is 14.8 Å². The fourth-order valence-electron chi connectivity index (χ4n) is 1.87. The van der Waals surface area contributed by atoms with E-state index in [2.05, 4.69) is 14.7 Å². The van der Waals surface area contributed by atoms with Crippen molar-refractivity contribution in [3.05, 3.63) is 34.6 Å². The molecular formula is C14H11ClF3N3O3. The number of carbonyl (C=O) groups is 1. The van der Waals surface area contributed by atoms with Gasteiger partial charge in [0.1, 0.15) is 5.69 Å². The van der Waals surface area contributed by atoms with Gasteiger partial charge < -0.3 is 15.2 Å². The Labute approximate surface area is 139 Å². The number of hydrogen-bond acceptors (Lipinski definition) is 6. The lowest BCUT2D eigenvalue weighted by Gasteiger charge is -2.13. The van der Waals surface area contributed by atoms with Crippen LogP contribution < -0.4 is 10.5 Å². The van der Waals surface area contributed by atoms with E-state index >= 15 is 0 Å². The molecule has 0 aliphatic rings. The van der Waals surface area contributed by atoms with Crippen molar-refractivity contribution in [1.82, 2.24) is 9.97 Å². The minimum Gasteiger partial charge on any atom is -0.480 e. The topological polar surface area (TPSA) is 87.3 Å². The summed E-state index contributed by atoms with van der Waals surface area (Å²) >= 11 is 5.90. The van der Waals surface area contributed by atoms with Gasteiger partial charge in [-0.2, -0.15) is 13.2 Å². The first-order chi connectivity index (χ1) is 11.2. The maximum absolute atomic E-state index is 12.7. The standard InChI is InChI=1S/C14H11ClF3N3O3/c1-23-12-6(3-4-9(21-12)14(16,17)18)8-5-7(19)10(15)11(20-8)13(22)24-2/h3-5H,1-2H3,(H2,19,20). The third kappa shape index (κ3) is 3.35. The van der Waals surface area contributed by atoms with Crippen LogP contribution in [0.2, 0.25) is 5.02 Å². The molecule has 6 nitrogen and oxygen atoms in total. The van der Waals surface area contributed by atoms with Gasteiger partial charge in [0.05, 0.1) is 36.2 Å². The molecule has 2 heterocycles. The van der Waals surface area contributed by atoms with Crippen LogP contribution in [0, 0.1) is 0 Å². The number of hydrogen-bond donors (Lipinski definition) is 1. The highest BCUT2D eigenvalue weighted by Crippen LogP contribution is 2.35. The molecule has 2 aromatic heterocycles. The number of nitrogens with two attached hydrogens (primary N) is 1. The van der Waals surface area contributed by atoms with Crippen LogP contribution in [0.25, 0.3) is 11.3 Å². The second-order valence-corrected chi connectivity index (χ2v) is 4.88. The van der Waals surface area contributed by atoms with Crippen molar-refractivity contribution < 1.29 is 27.4 Å². The summed E-state index contributed by atoms with van der Waals surface area (Å²) in [6.07, 6.45) is -4.63. The molecule has 2 aromatic rings. The Bertz CT molecular complexity index is 797. The molecule has 0 saturated carbocycles. The number of nitrogens with zero attached hydrogens (tertiary/aromatic N) is 2. The van der Waals surface area contributed by atoms with Gasteiger partial charge in [0.25, 0.3) is 0 Å². The summed E-state index contributed by atoms with van der Waals surface area (Å²) in [5, 5.41) is -0.121. The van der Waals surface area contributed by atoms with Crippen molar-refractivity contribution in [2.75, 3.05) is 20.0 Å². The smallest absolute Gasteiger partial charge is 0.433 e. The molecule has 0 radical (unpaired) electrons. The van der Waals surface area contributed by atoms with Gasteiger partial charge in [-0.15, -0.1) is 0 Å². The summed E-state index contributed by atoms with van der Waals surface area (Å²) in [6, 6.07) is 3.18. The van der Waals surface area contributed by atoms with E-state index in [1.54, 1.807) is 0 Å². The number of anilines is 1. The highest BCUT2D eigenvalue weighted by Gasteiger charge is 2.33. The molecule has 2 N–H and O–H groups in total. The summed E-state index contributed by atoms with van der Waals surface area (Å²) in [7, 11) is 2.29. The Morgan fingerprint density at radius 1 is 1.25 bits per heavy atom. The molecule has 0 fully saturated rings. The van der Waals surface area contributed by atoms with E-state index in [0.717, 1.165) is 26.4 Å². The molecule has 0 aromatic carbocycles. The number of halogens is 4. The molecule has 0 atom stereocenters. The quantitative estimate of drug-likeness (QED) is 0.845. The molecule has 128 valence electrons. The van der Waals surface area contributed by atoms with Crippen LogP contribution in [0.3, 0.4) is 0 Å². The van der Waals surface area contributed by atoms with E-state index in [1.807, 2.05) is 0 Å². The predicted octanol–water partition coefficient (Wildman–Crippen LogP) is 3.19. The van der Waals surface area contributed by atoms with E-state index in [9.17, 15) is 18.0 Å². The van der Waals surface area contributed by atoms with Crippen molar-refractivity contribution in [1.29, 1.82) is 0 Å². The first kappa shape index (κ1) is 17.8. The van der Waals surface area contributed by atoms with Crippen LogP contribution >= 0.6 is 11.6 Å². The first-order valence-corrected chi connectivity index (χ1v) is 6.73. The molecule has 0 aliphatic heterocycles. The minimum absolute atomic E-state index is 0.00372. The molecule has 0 saturated heterocycles. The monoisotopic (exact) mass is 361 g/mol. The Kier molecular flexibility index (Phi) is 4.83. The van der Waals surface area contributed by atoms with Crippen molar-refractivity contribution in [2.24, 2.45) is 0 Å². The van der Waals surface area contributed by atoms with Gasteiger partial charge in [0, 0.05) is 0 Å². The van der Waals surface area contributed by atoms with Crippen molar-refractivity contribution in [3.8, 4) is 17.1 Å². The molecule has 2 rings (SSSR count). The highest BCUT2D eigenvalue weighted by atomic mass is 35.5. The van der Waals surface area contributed by atoms with Gasteiger partial charge in [-0.05, 0) is 18.2 Å². The summed E-state index contributed by atoms with van der Waals surface area (Å²) in [5.74, 6) is -1.16. The van der Waals surface area contributed by atoms with E-state index < -0.39 is 17.8 Å². The number of ether oxygens (including phenoxy) is 2. The first-order valence-electron chi connectivity index (χ1n) is 6.36. The van der Waals surface area contributed by atoms with Crippen LogP contribution in [0.15, 0.2) is 18.2 Å². The molecule has 0 spiro atoms. The number of alkyl halides is 3. The van der Waals surface area contributed by atoms with Crippen LogP contribution in [-0.4, -0.2) is 30.2 Å². The minimum atomic E-state index is -4.63. The third-order valence-corrected chi connectivity index (χ3v) is 3.38. The van der Waals surface area contributed by atoms with E-state index in [-0.39, 0.29) is 33.5 Å². The predicted molar refractivity (Wildman–Crippen MR) is 79.8 cm³/mol. The average Bonchev–Trinajstić information content (AvgIpc) is 2.55. The van der Waals surface area contributed by atoms with Crippen LogP contribution in [-0.2, 0) is 10.9 Å². The Hall–Kier alpha value is -2.55. The molecule has 10 heteroatoms. The lowest BCUT2D eigenvalue weighted by atomic mass is 10.1. The number of pyridine rings is 2. The zero-order valence-corrected chi connectivity index (χ0v) is 13.2. The summed E-state index contributed by atoms with van der Waals surface area (Å²) in [4.78, 5) is 19.1. The SMILES string of the molecule is COC(=O)c1nc(-c2ccc(C(F)(F)F)nc2OC)cc(N)c1Cl. The zero-order valence-electron chi connectivity index (χ0n) is 12.4. The van der Waals surface area contributed by atoms with Crippen molar-refractivity contribution in [3.63, 3.8) is 0 Å². The van der Waals surface area contributed by atoms with Gasteiger partial charge >= 0.3 is 12.1 Å². The molecule has 0 aliphatic carbocycles. The second-order valence-electron chi connectivity index (χ2n) is 4.50. The molecule has 0 bridgehead atoms. The molecule has 0 unspecified atom stereocenters. The lowest BCUT2D eigenvalue weighted by molar-refractivity contribution is -0.141. The molecule has 24 heavy (non-hydrogen) atoms. The number of methoxy groups -OCH3 is 2. The highest BCUT2D eigenvalue weighted by molar-refractivity contribution is 6.35. The Balaban J connectivity index is 2.64. The van der Waals surface area contributed by atoms with Crippen LogP contribution in [0.5, 0.6) is 5.88 Å². The fourth-order valence-corrected chi connectivity index (χ4v) is 2.04. The van der Waals surface area contributed by atoms with Gasteiger partial charge in [-0.1, -0.05) is 11.6 Å². The Morgan fingerprint density at radius 3 is 2.46 bits per heavy atom. The van der Waals surface area contributed by atoms with Gasteiger partial charge in [0.15, 0.2) is 5.69 Å². The normalized spacial score (nSPS) is 11.2.